The van der Waals surface area contributed by atoms with Crippen LogP contribution >= 0.6 is 0 Å². The number of carbonyl (C=O) groups is 1. The van der Waals surface area contributed by atoms with E-state index in [1.165, 1.54) is 5.56 Å². The fourth-order valence-corrected chi connectivity index (χ4v) is 3.03. The van der Waals surface area contributed by atoms with Gasteiger partial charge < -0.3 is 10.2 Å². The number of benzene rings is 2. The maximum atomic E-state index is 12.6. The lowest BCUT2D eigenvalue weighted by molar-refractivity contribution is 0.0624. The Morgan fingerprint density at radius 2 is 1.54 bits per heavy atom. The van der Waals surface area contributed by atoms with E-state index >= 15 is 0 Å². The maximum absolute atomic E-state index is 12.6. The lowest BCUT2D eigenvalue weighted by Crippen LogP contribution is -2.57. The van der Waals surface area contributed by atoms with Gasteiger partial charge in [0, 0.05) is 31.0 Å². The lowest BCUT2D eigenvalue weighted by atomic mass is 10.0. The molecule has 0 spiro atoms. The van der Waals surface area contributed by atoms with Crippen molar-refractivity contribution in [2.75, 3.05) is 18.4 Å². The molecule has 2 heterocycles. The van der Waals surface area contributed by atoms with Crippen LogP contribution in [0.2, 0.25) is 0 Å². The third-order valence-corrected chi connectivity index (χ3v) is 4.58. The van der Waals surface area contributed by atoms with Gasteiger partial charge in [-0.3, -0.25) is 4.79 Å². The first-order valence-corrected chi connectivity index (χ1v) is 8.69. The van der Waals surface area contributed by atoms with Gasteiger partial charge in [-0.25, -0.2) is 9.97 Å². The Morgan fingerprint density at radius 3 is 2.15 bits per heavy atom. The summed E-state index contributed by atoms with van der Waals surface area (Å²) in [7, 11) is 0. The van der Waals surface area contributed by atoms with E-state index in [2.05, 4.69) is 46.5 Å². The predicted octanol–water partition coefficient (Wildman–Crippen LogP) is 3.39. The zero-order valence-corrected chi connectivity index (χ0v) is 14.6. The summed E-state index contributed by atoms with van der Waals surface area (Å²) in [6.07, 6.45) is 3.40. The van der Waals surface area contributed by atoms with Crippen molar-refractivity contribution in [1.29, 1.82) is 0 Å². The van der Waals surface area contributed by atoms with Crippen LogP contribution in [0.4, 0.5) is 5.95 Å². The van der Waals surface area contributed by atoms with E-state index in [0.29, 0.717) is 19.0 Å². The number of carbonyl (C=O) groups excluding carboxylic acids is 1. The molecule has 0 bridgehead atoms. The number of anilines is 1. The molecule has 2 aromatic carbocycles. The van der Waals surface area contributed by atoms with Gasteiger partial charge in [-0.05, 0) is 36.2 Å². The second-order valence-electron chi connectivity index (χ2n) is 6.57. The average molecular weight is 344 g/mol. The Balaban J connectivity index is 1.36. The highest BCUT2D eigenvalue weighted by Crippen LogP contribution is 2.22. The van der Waals surface area contributed by atoms with Crippen molar-refractivity contribution in [2.45, 2.75) is 13.0 Å². The predicted molar refractivity (Wildman–Crippen MR) is 102 cm³/mol. The SMILES string of the molecule is Cc1ccc(-c2ccc(C(=O)N3CC(Nc4ncccn4)C3)cc2)cc1. The number of aryl methyl sites for hydroxylation is 1. The Bertz CT molecular complexity index is 886. The molecule has 1 aliphatic rings. The second kappa shape index (κ2) is 6.96. The van der Waals surface area contributed by atoms with Crippen LogP contribution in [0.3, 0.4) is 0 Å². The van der Waals surface area contributed by atoms with Gasteiger partial charge in [-0.1, -0.05) is 42.0 Å². The Labute approximate surface area is 152 Å². The minimum Gasteiger partial charge on any atom is -0.348 e. The van der Waals surface area contributed by atoms with Crippen LogP contribution in [-0.2, 0) is 0 Å². The number of nitrogens with one attached hydrogen (secondary N) is 1. The third kappa shape index (κ3) is 3.42. The molecule has 0 saturated carbocycles. The Hall–Kier alpha value is -3.21. The fourth-order valence-electron chi connectivity index (χ4n) is 3.03. The van der Waals surface area contributed by atoms with E-state index < -0.39 is 0 Å². The highest BCUT2D eigenvalue weighted by molar-refractivity contribution is 5.95. The first kappa shape index (κ1) is 16.3. The summed E-state index contributed by atoms with van der Waals surface area (Å²) >= 11 is 0. The van der Waals surface area contributed by atoms with E-state index in [0.717, 1.165) is 16.7 Å². The van der Waals surface area contributed by atoms with E-state index in [1.807, 2.05) is 29.2 Å². The van der Waals surface area contributed by atoms with Gasteiger partial charge in [0.2, 0.25) is 5.95 Å². The molecule has 1 amide bonds. The molecule has 1 saturated heterocycles. The Kier molecular flexibility index (Phi) is 4.35. The number of rotatable bonds is 4. The average Bonchev–Trinajstić information content (AvgIpc) is 2.65. The molecule has 1 aromatic heterocycles. The van der Waals surface area contributed by atoms with Crippen molar-refractivity contribution >= 4 is 11.9 Å². The first-order valence-electron chi connectivity index (χ1n) is 8.69. The van der Waals surface area contributed by atoms with Crippen molar-refractivity contribution in [1.82, 2.24) is 14.9 Å². The first-order chi connectivity index (χ1) is 12.7. The molecule has 1 aliphatic heterocycles. The molecule has 5 nitrogen and oxygen atoms in total. The number of amides is 1. The van der Waals surface area contributed by atoms with Gasteiger partial charge in [-0.2, -0.15) is 0 Å². The molecular weight excluding hydrogens is 324 g/mol. The summed E-state index contributed by atoms with van der Waals surface area (Å²) in [5, 5.41) is 3.23. The summed E-state index contributed by atoms with van der Waals surface area (Å²) in [6.45, 7) is 3.40. The molecule has 1 N–H and O–H groups in total. The zero-order valence-electron chi connectivity index (χ0n) is 14.6. The van der Waals surface area contributed by atoms with Gasteiger partial charge in [0.05, 0.1) is 6.04 Å². The normalized spacial score (nSPS) is 14.0. The van der Waals surface area contributed by atoms with Crippen LogP contribution in [0.15, 0.2) is 67.0 Å². The lowest BCUT2D eigenvalue weighted by Gasteiger charge is -2.39. The summed E-state index contributed by atoms with van der Waals surface area (Å²) in [4.78, 5) is 22.7. The van der Waals surface area contributed by atoms with E-state index in [1.54, 1.807) is 18.5 Å². The molecule has 0 radical (unpaired) electrons. The summed E-state index contributed by atoms with van der Waals surface area (Å²) in [6, 6.07) is 18.2. The van der Waals surface area contributed by atoms with Crippen molar-refractivity contribution in [3.8, 4) is 11.1 Å². The molecule has 4 rings (SSSR count). The molecule has 3 aromatic rings. The van der Waals surface area contributed by atoms with E-state index in [4.69, 9.17) is 0 Å². The van der Waals surface area contributed by atoms with Crippen LogP contribution in [0.1, 0.15) is 15.9 Å². The molecule has 0 unspecified atom stereocenters. The van der Waals surface area contributed by atoms with Crippen molar-refractivity contribution in [3.63, 3.8) is 0 Å². The van der Waals surface area contributed by atoms with Crippen LogP contribution in [0.25, 0.3) is 11.1 Å². The highest BCUT2D eigenvalue weighted by atomic mass is 16.2. The van der Waals surface area contributed by atoms with Crippen molar-refractivity contribution < 1.29 is 4.79 Å². The fraction of sp³-hybridized carbons (Fsp3) is 0.190. The minimum absolute atomic E-state index is 0.0625. The second-order valence-corrected chi connectivity index (χ2v) is 6.57. The van der Waals surface area contributed by atoms with Crippen LogP contribution in [0, 0.1) is 6.92 Å². The van der Waals surface area contributed by atoms with Crippen LogP contribution in [-0.4, -0.2) is 39.9 Å². The van der Waals surface area contributed by atoms with Gasteiger partial charge in [-0.15, -0.1) is 0 Å². The summed E-state index contributed by atoms with van der Waals surface area (Å²) in [5.74, 6) is 0.666. The zero-order chi connectivity index (χ0) is 17.9. The number of likely N-dealkylation sites (tertiary alicyclic amines) is 1. The molecular formula is C21H20N4O. The van der Waals surface area contributed by atoms with Crippen molar-refractivity contribution in [3.05, 3.63) is 78.1 Å². The molecule has 0 aliphatic carbocycles. The highest BCUT2D eigenvalue weighted by Gasteiger charge is 2.31. The van der Waals surface area contributed by atoms with Crippen molar-refractivity contribution in [2.24, 2.45) is 0 Å². The monoisotopic (exact) mass is 344 g/mol. The number of nitrogens with zero attached hydrogens (tertiary/aromatic N) is 3. The van der Waals surface area contributed by atoms with Crippen LogP contribution in [0.5, 0.6) is 0 Å². The number of aromatic nitrogens is 2. The summed E-state index contributed by atoms with van der Waals surface area (Å²) < 4.78 is 0. The largest absolute Gasteiger partial charge is 0.348 e. The van der Waals surface area contributed by atoms with E-state index in [9.17, 15) is 4.79 Å². The quantitative estimate of drug-likeness (QED) is 0.788. The molecule has 5 heteroatoms. The van der Waals surface area contributed by atoms with Gasteiger partial charge in [0.15, 0.2) is 0 Å². The topological polar surface area (TPSA) is 58.1 Å². The minimum atomic E-state index is 0.0625. The molecule has 130 valence electrons. The Morgan fingerprint density at radius 1 is 0.962 bits per heavy atom. The number of hydrogen-bond donors (Lipinski definition) is 1. The third-order valence-electron chi connectivity index (χ3n) is 4.58. The molecule has 1 fully saturated rings. The van der Waals surface area contributed by atoms with Gasteiger partial charge in [0.1, 0.15) is 0 Å². The molecule has 26 heavy (non-hydrogen) atoms. The van der Waals surface area contributed by atoms with Crippen LogP contribution < -0.4 is 5.32 Å². The standard InChI is InChI=1S/C21H20N4O/c1-15-3-5-16(6-4-15)17-7-9-18(10-8-17)20(26)25-13-19(14-25)24-21-22-11-2-12-23-21/h2-12,19H,13-14H2,1H3,(H,22,23,24). The number of hydrogen-bond acceptors (Lipinski definition) is 4. The maximum Gasteiger partial charge on any atom is 0.253 e. The van der Waals surface area contributed by atoms with Gasteiger partial charge >= 0.3 is 0 Å². The van der Waals surface area contributed by atoms with Gasteiger partial charge in [0.25, 0.3) is 5.91 Å². The smallest absolute Gasteiger partial charge is 0.253 e. The van der Waals surface area contributed by atoms with E-state index in [-0.39, 0.29) is 11.9 Å². The summed E-state index contributed by atoms with van der Waals surface area (Å²) in [5.41, 5.74) is 4.23. The molecule has 0 atom stereocenters.